The van der Waals surface area contributed by atoms with Gasteiger partial charge >= 0.3 is 0 Å². The van der Waals surface area contributed by atoms with Crippen molar-refractivity contribution < 1.29 is 9.90 Å². The molecule has 1 fully saturated rings. The molecular formula is C18H21N5O2. The normalized spacial score (nSPS) is 20.8. The number of hydrogen-bond donors (Lipinski definition) is 2. The quantitative estimate of drug-likeness (QED) is 0.657. The smallest absolute Gasteiger partial charge is 0.251 e. The van der Waals surface area contributed by atoms with E-state index in [4.69, 9.17) is 0 Å². The van der Waals surface area contributed by atoms with E-state index < -0.39 is 6.10 Å². The second-order valence-electron chi connectivity index (χ2n) is 6.35. The fourth-order valence-corrected chi connectivity index (χ4v) is 3.21. The fourth-order valence-electron chi connectivity index (χ4n) is 3.21. The fraction of sp³-hybridized carbons (Fsp3) is 0.444. The van der Waals surface area contributed by atoms with Gasteiger partial charge in [0.15, 0.2) is 5.65 Å². The lowest BCUT2D eigenvalue weighted by Gasteiger charge is -2.14. The van der Waals surface area contributed by atoms with Gasteiger partial charge in [0.1, 0.15) is 18.2 Å². The molecule has 130 valence electrons. The Kier molecular flexibility index (Phi) is 4.81. The highest BCUT2D eigenvalue weighted by Gasteiger charge is 2.31. The lowest BCUT2D eigenvalue weighted by atomic mass is 10.0. The van der Waals surface area contributed by atoms with Gasteiger partial charge in [-0.25, -0.2) is 14.6 Å². The Hall–Kier alpha value is -2.72. The van der Waals surface area contributed by atoms with Crippen molar-refractivity contribution in [1.82, 2.24) is 19.7 Å². The number of aromatic nitrogens is 4. The summed E-state index contributed by atoms with van der Waals surface area (Å²) in [4.78, 5) is 20.3. The Balaban J connectivity index is 1.85. The second kappa shape index (κ2) is 7.03. The molecule has 7 nitrogen and oxygen atoms in total. The van der Waals surface area contributed by atoms with E-state index in [9.17, 15) is 9.90 Å². The average Bonchev–Trinajstić information content (AvgIpc) is 3.22. The van der Waals surface area contributed by atoms with Crippen LogP contribution in [0.15, 0.2) is 24.7 Å². The maximum absolute atomic E-state index is 11.9. The molecule has 0 radical (unpaired) electrons. The van der Waals surface area contributed by atoms with Crippen molar-refractivity contribution in [3.63, 3.8) is 0 Å². The first-order valence-electron chi connectivity index (χ1n) is 8.26. The van der Waals surface area contributed by atoms with E-state index in [0.29, 0.717) is 22.4 Å². The highest BCUT2D eigenvalue weighted by atomic mass is 16.3. The van der Waals surface area contributed by atoms with Gasteiger partial charge in [-0.05, 0) is 39.0 Å². The van der Waals surface area contributed by atoms with Crippen LogP contribution in [0.4, 0.5) is 5.82 Å². The molecule has 0 aromatic carbocycles. The molecule has 2 aromatic heterocycles. The Labute approximate surface area is 146 Å². The molecule has 2 N–H and O–H groups in total. The van der Waals surface area contributed by atoms with Gasteiger partial charge in [-0.15, -0.1) is 5.92 Å². The van der Waals surface area contributed by atoms with Crippen LogP contribution in [0.25, 0.3) is 11.0 Å². The van der Waals surface area contributed by atoms with E-state index in [2.05, 4.69) is 38.8 Å². The summed E-state index contributed by atoms with van der Waals surface area (Å²) in [5.41, 5.74) is 1.08. The molecule has 1 amide bonds. The maximum Gasteiger partial charge on any atom is 0.251 e. The maximum atomic E-state index is 11.9. The monoisotopic (exact) mass is 339 g/mol. The molecular weight excluding hydrogens is 318 g/mol. The molecule has 1 saturated carbocycles. The Bertz CT molecular complexity index is 876. The molecule has 7 heteroatoms. The zero-order chi connectivity index (χ0) is 18.0. The van der Waals surface area contributed by atoms with Crippen LogP contribution in [0.3, 0.4) is 0 Å². The molecule has 1 aliphatic rings. The van der Waals surface area contributed by atoms with E-state index >= 15 is 0 Å². The summed E-state index contributed by atoms with van der Waals surface area (Å²) in [5, 5.41) is 18.0. The molecule has 3 rings (SSSR count). The average molecular weight is 339 g/mol. The molecule has 25 heavy (non-hydrogen) atoms. The molecule has 2 heterocycles. The van der Waals surface area contributed by atoms with Crippen LogP contribution in [0, 0.1) is 17.8 Å². The van der Waals surface area contributed by atoms with Crippen LogP contribution in [-0.4, -0.2) is 36.9 Å². The number of hydrogen-bond acceptors (Lipinski definition) is 5. The molecule has 0 aliphatic heterocycles. The molecule has 0 bridgehead atoms. The summed E-state index contributed by atoms with van der Waals surface area (Å²) in [7, 11) is 0. The minimum atomic E-state index is -0.600. The summed E-state index contributed by atoms with van der Waals surface area (Å²) in [6.45, 7) is 7.00. The van der Waals surface area contributed by atoms with Gasteiger partial charge in [0.2, 0.25) is 0 Å². The van der Waals surface area contributed by atoms with Crippen molar-refractivity contribution in [2.45, 2.75) is 45.3 Å². The van der Waals surface area contributed by atoms with E-state index in [0.717, 1.165) is 19.3 Å². The minimum absolute atomic E-state index is 0.140. The number of rotatable bonds is 4. The van der Waals surface area contributed by atoms with Gasteiger partial charge in [-0.2, -0.15) is 5.10 Å². The zero-order valence-corrected chi connectivity index (χ0v) is 14.4. The molecule has 0 spiro atoms. The van der Waals surface area contributed by atoms with Crippen molar-refractivity contribution in [2.24, 2.45) is 5.92 Å². The van der Waals surface area contributed by atoms with Crippen molar-refractivity contribution >= 4 is 22.8 Å². The van der Waals surface area contributed by atoms with Crippen LogP contribution >= 0.6 is 0 Å². The van der Waals surface area contributed by atoms with Crippen LogP contribution < -0.4 is 5.32 Å². The number of carbonyl (C=O) groups is 1. The summed E-state index contributed by atoms with van der Waals surface area (Å²) in [5.74, 6) is 5.88. The van der Waals surface area contributed by atoms with Crippen LogP contribution in [0.5, 0.6) is 0 Å². The van der Waals surface area contributed by atoms with Crippen molar-refractivity contribution in [1.29, 1.82) is 0 Å². The van der Waals surface area contributed by atoms with Gasteiger partial charge < -0.3 is 10.4 Å². The first-order valence-corrected chi connectivity index (χ1v) is 8.26. The van der Waals surface area contributed by atoms with Gasteiger partial charge in [0.25, 0.3) is 5.91 Å². The van der Waals surface area contributed by atoms with Crippen molar-refractivity contribution in [2.75, 3.05) is 5.32 Å². The third-order valence-electron chi connectivity index (χ3n) is 4.54. The van der Waals surface area contributed by atoms with E-state index in [1.807, 2.05) is 4.68 Å². The number of amides is 1. The molecule has 3 atom stereocenters. The first kappa shape index (κ1) is 17.1. The predicted octanol–water partition coefficient (Wildman–Crippen LogP) is 2.07. The highest BCUT2D eigenvalue weighted by molar-refractivity contribution is 6.06. The second-order valence-corrected chi connectivity index (χ2v) is 6.35. The lowest BCUT2D eigenvalue weighted by Crippen LogP contribution is -2.17. The number of aliphatic hydroxyl groups excluding tert-OH is 1. The number of nitrogens with zero attached hydrogens (tertiary/aromatic N) is 4. The summed E-state index contributed by atoms with van der Waals surface area (Å²) in [6.07, 6.45) is 5.08. The number of anilines is 1. The molecule has 3 unspecified atom stereocenters. The minimum Gasteiger partial charge on any atom is -0.380 e. The molecule has 2 aromatic rings. The molecule has 0 saturated heterocycles. The van der Waals surface area contributed by atoms with Gasteiger partial charge in [-0.3, -0.25) is 4.79 Å². The van der Waals surface area contributed by atoms with Crippen LogP contribution in [-0.2, 0) is 4.79 Å². The third kappa shape index (κ3) is 3.39. The van der Waals surface area contributed by atoms with E-state index in [1.165, 1.54) is 6.33 Å². The standard InChI is InChI=1S/C18H21N5O2/c1-4-5-15(24)12-6-7-13(8-12)23-17-14(9-21-23)16(19-10-20-17)22-18(25)11(2)3/h9-10,12-13,15,24H,2,6-8H2,1,3H3,(H,19,20,22,25). The lowest BCUT2D eigenvalue weighted by molar-refractivity contribution is -0.112. The van der Waals surface area contributed by atoms with Gasteiger partial charge in [0, 0.05) is 5.57 Å². The Morgan fingerprint density at radius 3 is 3.00 bits per heavy atom. The summed E-state index contributed by atoms with van der Waals surface area (Å²) < 4.78 is 1.86. The number of aliphatic hydroxyl groups is 1. The van der Waals surface area contributed by atoms with Crippen molar-refractivity contribution in [3.05, 3.63) is 24.7 Å². The Morgan fingerprint density at radius 2 is 2.28 bits per heavy atom. The van der Waals surface area contributed by atoms with Gasteiger partial charge in [-0.1, -0.05) is 12.5 Å². The van der Waals surface area contributed by atoms with Crippen LogP contribution in [0.1, 0.15) is 39.2 Å². The largest absolute Gasteiger partial charge is 0.380 e. The summed E-state index contributed by atoms with van der Waals surface area (Å²) >= 11 is 0. The number of nitrogens with one attached hydrogen (secondary N) is 1. The van der Waals surface area contributed by atoms with Gasteiger partial charge in [0.05, 0.1) is 17.6 Å². The number of carbonyl (C=O) groups excluding carboxylic acids is 1. The predicted molar refractivity (Wildman–Crippen MR) is 94.6 cm³/mol. The van der Waals surface area contributed by atoms with E-state index in [-0.39, 0.29) is 17.9 Å². The highest BCUT2D eigenvalue weighted by Crippen LogP contribution is 2.37. The van der Waals surface area contributed by atoms with E-state index in [1.54, 1.807) is 20.0 Å². The number of fused-ring (bicyclic) bond motifs is 1. The first-order chi connectivity index (χ1) is 12.0. The topological polar surface area (TPSA) is 92.9 Å². The summed E-state index contributed by atoms with van der Waals surface area (Å²) in [6, 6.07) is 0.149. The zero-order valence-electron chi connectivity index (χ0n) is 14.4. The van der Waals surface area contributed by atoms with Crippen molar-refractivity contribution in [3.8, 4) is 11.8 Å². The Morgan fingerprint density at radius 1 is 1.48 bits per heavy atom. The molecule has 1 aliphatic carbocycles. The van der Waals surface area contributed by atoms with Crippen LogP contribution in [0.2, 0.25) is 0 Å². The SMILES string of the molecule is C=C(C)C(=O)Nc1ncnc2c1cnn2C1CCC(C(O)C#CC)C1. The third-order valence-corrected chi connectivity index (χ3v) is 4.54.